The molecule has 0 aliphatic carbocycles. The van der Waals surface area contributed by atoms with Crippen LogP contribution >= 0.6 is 0 Å². The number of methoxy groups -OCH3 is 1. The average Bonchev–Trinajstić information content (AvgIpc) is 1.15. The molecule has 686 valence electrons. The molecule has 28 nitrogen and oxygen atoms in total. The molecule has 9 fully saturated rings. The summed E-state index contributed by atoms with van der Waals surface area (Å²) in [6.07, 6.45) is 19.1. The molecule has 126 heavy (non-hydrogen) atoms. The fourth-order valence-corrected chi connectivity index (χ4v) is 18.2. The van der Waals surface area contributed by atoms with E-state index in [2.05, 4.69) is 66.9 Å². The number of aromatic nitrogens is 1. The van der Waals surface area contributed by atoms with Gasteiger partial charge in [-0.05, 0) is 265 Å². The van der Waals surface area contributed by atoms with Gasteiger partial charge >= 0.3 is 6.09 Å². The number of benzene rings is 4. The Labute approximate surface area is 746 Å². The summed E-state index contributed by atoms with van der Waals surface area (Å²) in [5.74, 6) is 4.07. The first-order chi connectivity index (χ1) is 61.3. The van der Waals surface area contributed by atoms with Crippen molar-refractivity contribution in [2.45, 2.75) is 148 Å². The zero-order valence-electron chi connectivity index (χ0n) is 75.8. The number of nitrogens with zero attached hydrogens (tertiary/aromatic N) is 13. The van der Waals surface area contributed by atoms with E-state index in [0.717, 1.165) is 101 Å². The highest BCUT2D eigenvalue weighted by Gasteiger charge is 2.33. The van der Waals surface area contributed by atoms with Crippen molar-refractivity contribution < 1.29 is 71.2 Å². The fourth-order valence-electron chi connectivity index (χ4n) is 18.2. The van der Waals surface area contributed by atoms with Crippen molar-refractivity contribution in [3.05, 3.63) is 167 Å². The quantitative estimate of drug-likeness (QED) is 0.0265. The molecule has 0 radical (unpaired) electrons. The minimum absolute atomic E-state index is 0.0546. The van der Waals surface area contributed by atoms with E-state index in [1.165, 1.54) is 90.9 Å². The summed E-state index contributed by atoms with van der Waals surface area (Å²) in [7, 11) is 3.27. The molecule has 0 saturated carbocycles. The Balaban J connectivity index is 0.000000153. The first-order valence-corrected chi connectivity index (χ1v) is 46.6. The van der Waals surface area contributed by atoms with Crippen molar-refractivity contribution in [2.75, 3.05) is 223 Å². The number of amides is 4. The lowest BCUT2D eigenvalue weighted by atomic mass is 10.1. The van der Waals surface area contributed by atoms with Crippen LogP contribution in [-0.4, -0.2) is 364 Å². The van der Waals surface area contributed by atoms with Crippen molar-refractivity contribution in [1.29, 1.82) is 0 Å². The van der Waals surface area contributed by atoms with Crippen LogP contribution in [-0.2, 0) is 21.3 Å². The molecule has 15 rings (SSSR count). The van der Waals surface area contributed by atoms with Gasteiger partial charge < -0.3 is 76.6 Å². The van der Waals surface area contributed by atoms with Gasteiger partial charge in [0.05, 0.1) is 66.0 Å². The van der Waals surface area contributed by atoms with E-state index < -0.39 is 0 Å². The minimum atomic E-state index is -0.304. The maximum absolute atomic E-state index is 12.7. The molecular weight excluding hydrogens is 1600 g/mol. The predicted molar refractivity (Wildman–Crippen MR) is 486 cm³/mol. The van der Waals surface area contributed by atoms with Gasteiger partial charge in [0.25, 0.3) is 17.7 Å². The second kappa shape index (κ2) is 49.8. The van der Waals surface area contributed by atoms with Gasteiger partial charge in [-0.15, -0.1) is 0 Å². The van der Waals surface area contributed by atoms with Crippen LogP contribution in [0.2, 0.25) is 0 Å². The van der Waals surface area contributed by atoms with Gasteiger partial charge in [0.2, 0.25) is 0 Å². The number of likely N-dealkylation sites (tertiary alicyclic amines) is 4. The molecule has 11 heterocycles. The molecule has 6 aromatic rings. The molecule has 1 unspecified atom stereocenters. The van der Waals surface area contributed by atoms with E-state index >= 15 is 0 Å². The zero-order valence-corrected chi connectivity index (χ0v) is 75.8. The van der Waals surface area contributed by atoms with Crippen LogP contribution in [0.5, 0.6) is 23.0 Å². The summed E-state index contributed by atoms with van der Waals surface area (Å²) < 4.78 is 40.7. The monoisotopic (exact) mass is 1740 g/mol. The number of rotatable bonds is 35. The Kier molecular flexibility index (Phi) is 37.9. The van der Waals surface area contributed by atoms with Crippen LogP contribution in [0.4, 0.5) is 4.79 Å². The summed E-state index contributed by atoms with van der Waals surface area (Å²) >= 11 is 0. The Hall–Kier alpha value is -9.36. The van der Waals surface area contributed by atoms with E-state index in [9.17, 15) is 38.4 Å². The predicted octanol–water partition coefficient (Wildman–Crippen LogP) is 11.0. The minimum Gasteiger partial charge on any atom is -0.494 e. The van der Waals surface area contributed by atoms with Gasteiger partial charge in [0, 0.05) is 197 Å². The van der Waals surface area contributed by atoms with E-state index in [4.69, 9.17) is 32.8 Å². The highest BCUT2D eigenvalue weighted by atomic mass is 16.5. The van der Waals surface area contributed by atoms with Crippen LogP contribution in [0.25, 0.3) is 0 Å². The largest absolute Gasteiger partial charge is 0.494 e. The van der Waals surface area contributed by atoms with Crippen molar-refractivity contribution >= 4 is 46.9 Å². The van der Waals surface area contributed by atoms with Crippen molar-refractivity contribution in [3.63, 3.8) is 0 Å². The fraction of sp³-hybridized carbons (Fsp3) is 0.592. The third kappa shape index (κ3) is 29.3. The molecule has 0 spiro atoms. The molecule has 9 aliphatic heterocycles. The lowest BCUT2D eigenvalue weighted by Crippen LogP contribution is -2.52. The second-order valence-corrected chi connectivity index (χ2v) is 35.2. The number of hydrogen-bond acceptors (Lipinski definition) is 23. The van der Waals surface area contributed by atoms with Gasteiger partial charge in [0.1, 0.15) is 34.8 Å². The van der Waals surface area contributed by atoms with Gasteiger partial charge in [-0.25, -0.2) is 4.79 Å². The highest BCUT2D eigenvalue weighted by molar-refractivity contribution is 6.00. The van der Waals surface area contributed by atoms with Gasteiger partial charge in [0.15, 0.2) is 28.9 Å². The zero-order chi connectivity index (χ0) is 88.5. The third-order valence-corrected chi connectivity index (χ3v) is 26.3. The number of ether oxygens (including phenoxy) is 6. The normalized spacial score (nSPS) is 21.2. The lowest BCUT2D eigenvalue weighted by molar-refractivity contribution is -0.142. The van der Waals surface area contributed by atoms with Gasteiger partial charge in [-0.2, -0.15) is 0 Å². The number of Topliss-reactive ketones (excluding diaryl/α,β-unsaturated/α-hetero) is 4. The smallest absolute Gasteiger partial charge is 0.409 e. The first-order valence-electron chi connectivity index (χ1n) is 46.6. The van der Waals surface area contributed by atoms with Gasteiger partial charge in [-0.3, -0.25) is 53.2 Å². The molecule has 9 aliphatic rings. The lowest BCUT2D eigenvalue weighted by Gasteiger charge is -2.35. The number of carbonyl (C=O) groups excluding carboxylic acids is 8. The van der Waals surface area contributed by atoms with E-state index in [-0.39, 0.29) is 53.1 Å². The molecule has 0 bridgehead atoms. The molecule has 5 atom stereocenters. The molecule has 28 heteroatoms. The SMILES string of the molecule is COC(=O)N1CCN(CC(=O)c2ccc(OCCCN3CCC[C@H]3C)cc2)CC1.C[C@@H]1CCCN1CCCOc1ccc(C(=O)CN2CCN(C(=O)C3CCCO3)CC2)cc1.C[C@@H]1CCCN1CCCOc1ccc(C(=O)CN2CCN(C(=O)c3cccn3C)CC2)cc1.C[C@@H]1CCCN1CCCOc1ccc(C(=O)CN2CCN(C(=O)c3ccco3)CC2)cc1. The molecule has 9 saturated heterocycles. The van der Waals surface area contributed by atoms with Crippen LogP contribution in [0.15, 0.2) is 138 Å². The van der Waals surface area contributed by atoms with Crippen molar-refractivity contribution in [3.8, 4) is 23.0 Å². The number of hydrogen-bond donors (Lipinski definition) is 0. The highest BCUT2D eigenvalue weighted by Crippen LogP contribution is 2.26. The first kappa shape index (κ1) is 95.7. The van der Waals surface area contributed by atoms with Gasteiger partial charge in [-0.1, -0.05) is 0 Å². The molecular formula is C98H139N13O15. The van der Waals surface area contributed by atoms with Crippen molar-refractivity contribution in [1.82, 2.24) is 63.4 Å². The number of piperazine rings is 4. The number of ketones is 4. The van der Waals surface area contributed by atoms with E-state index in [1.807, 2.05) is 137 Å². The standard InChI is InChI=1S/C26H36N4O3.C25H37N3O4.C25H33N3O4.C22H33N3O4/c1-21-6-3-13-29(21)14-5-19-33-23-10-8-22(9-11-23)25(31)20-28-15-17-30(18-16-28)26(32)24-7-4-12-27(24)2;2*1-20-5-2-11-27(20)12-4-18-31-22-9-7-21(8-10-22)23(29)19-26-13-15-28(16-14-26)25(30)24-6-3-17-32-24;1-18-5-3-10-24(18)11-4-16-29-20-8-6-19(7-9-20)21(26)17-23-12-14-25(15-13-23)22(27)28-2/h4,7-12,21H,3,5-6,13-20H2,1-2H3;7-10,20,24H,2-6,11-19H2,1H3;3,6-10,17,20H,2,4-5,11-16,18-19H2,1H3;6-9,18H,3-5,10-17H2,1-2H3/t21-;20-,24?;20-;18-/m1111/s1. The Morgan fingerprint density at radius 2 is 0.683 bits per heavy atom. The molecule has 2 aromatic heterocycles. The van der Waals surface area contributed by atoms with Crippen LogP contribution in [0, 0.1) is 0 Å². The summed E-state index contributed by atoms with van der Waals surface area (Å²) in [5.41, 5.74) is 3.50. The number of carbonyl (C=O) groups is 8. The molecule has 4 aromatic carbocycles. The number of furan rings is 1. The Morgan fingerprint density at radius 1 is 0.357 bits per heavy atom. The second-order valence-electron chi connectivity index (χ2n) is 35.2. The van der Waals surface area contributed by atoms with Crippen molar-refractivity contribution in [2.24, 2.45) is 7.05 Å². The van der Waals surface area contributed by atoms with E-state index in [0.29, 0.717) is 209 Å². The molecule has 0 N–H and O–H groups in total. The maximum atomic E-state index is 12.7. The topological polar surface area (TPSA) is 249 Å². The van der Waals surface area contributed by atoms with E-state index in [1.54, 1.807) is 21.9 Å². The summed E-state index contributed by atoms with van der Waals surface area (Å²) in [6.45, 7) is 33.8. The maximum Gasteiger partial charge on any atom is 0.409 e. The number of aryl methyl sites for hydroxylation is 1. The van der Waals surface area contributed by atoms with Crippen LogP contribution in [0.3, 0.4) is 0 Å². The Morgan fingerprint density at radius 3 is 0.960 bits per heavy atom. The van der Waals surface area contributed by atoms with Crippen LogP contribution in [0.1, 0.15) is 180 Å². The summed E-state index contributed by atoms with van der Waals surface area (Å²) in [6, 6.07) is 39.8. The average molecular weight is 1740 g/mol. The Bertz CT molecular complexity index is 4320. The summed E-state index contributed by atoms with van der Waals surface area (Å²) in [5, 5.41) is 0. The third-order valence-electron chi connectivity index (χ3n) is 26.3. The summed E-state index contributed by atoms with van der Waals surface area (Å²) in [4.78, 5) is 125. The molecule has 4 amide bonds. The van der Waals surface area contributed by atoms with Crippen LogP contribution < -0.4 is 18.9 Å².